The van der Waals surface area contributed by atoms with Gasteiger partial charge in [-0.25, -0.2) is 4.39 Å². The molecule has 0 spiro atoms. The van der Waals surface area contributed by atoms with Crippen LogP contribution < -0.4 is 4.90 Å². The highest BCUT2D eigenvalue weighted by Crippen LogP contribution is 2.22. The van der Waals surface area contributed by atoms with Gasteiger partial charge in [0, 0.05) is 5.69 Å². The van der Waals surface area contributed by atoms with Crippen LogP contribution in [0.1, 0.15) is 6.42 Å². The van der Waals surface area contributed by atoms with Crippen LogP contribution in [0, 0.1) is 5.82 Å². The Hall–Kier alpha value is -1.95. The van der Waals surface area contributed by atoms with E-state index in [9.17, 15) is 14.0 Å². The number of aliphatic carboxylic acids is 1. The van der Waals surface area contributed by atoms with E-state index in [0.29, 0.717) is 5.69 Å². The highest BCUT2D eigenvalue weighted by atomic mass is 19.1. The van der Waals surface area contributed by atoms with Crippen LogP contribution in [0.5, 0.6) is 0 Å². The quantitative estimate of drug-likeness (QED) is 0.873. The second-order valence-electron chi connectivity index (χ2n) is 4.01. The third-order valence-electron chi connectivity index (χ3n) is 2.68. The van der Waals surface area contributed by atoms with Crippen molar-refractivity contribution in [3.05, 3.63) is 30.1 Å². The number of hydrogen-bond donors (Lipinski definition) is 1. The third kappa shape index (κ3) is 2.65. The van der Waals surface area contributed by atoms with Gasteiger partial charge >= 0.3 is 5.97 Å². The Kier molecular flexibility index (Phi) is 3.57. The van der Waals surface area contributed by atoms with Crippen molar-refractivity contribution >= 4 is 17.6 Å². The predicted molar refractivity (Wildman–Crippen MR) is 60.7 cm³/mol. The Balaban J connectivity index is 2.26. The van der Waals surface area contributed by atoms with Gasteiger partial charge in [-0.3, -0.25) is 9.59 Å². The van der Waals surface area contributed by atoms with Gasteiger partial charge in [0.1, 0.15) is 12.4 Å². The fourth-order valence-electron chi connectivity index (χ4n) is 1.94. The average molecular weight is 253 g/mol. The van der Waals surface area contributed by atoms with Crippen molar-refractivity contribution in [3.8, 4) is 0 Å². The number of benzene rings is 1. The van der Waals surface area contributed by atoms with Gasteiger partial charge < -0.3 is 14.7 Å². The molecule has 0 saturated carbocycles. The molecule has 0 aliphatic carbocycles. The summed E-state index contributed by atoms with van der Waals surface area (Å²) in [5.74, 6) is -1.74. The number of morpholine rings is 1. The van der Waals surface area contributed by atoms with Crippen LogP contribution in [0.2, 0.25) is 0 Å². The first-order valence-corrected chi connectivity index (χ1v) is 5.45. The highest BCUT2D eigenvalue weighted by Gasteiger charge is 2.31. The molecular weight excluding hydrogens is 241 g/mol. The number of ether oxygens (including phenoxy) is 1. The zero-order valence-electron chi connectivity index (χ0n) is 9.51. The lowest BCUT2D eigenvalue weighted by molar-refractivity contribution is -0.138. The number of hydrogen-bond acceptors (Lipinski definition) is 3. The zero-order valence-corrected chi connectivity index (χ0v) is 9.51. The van der Waals surface area contributed by atoms with Crippen LogP contribution in [0.15, 0.2) is 24.3 Å². The summed E-state index contributed by atoms with van der Waals surface area (Å²) in [7, 11) is 0. The van der Waals surface area contributed by atoms with Crippen molar-refractivity contribution in [2.45, 2.75) is 12.5 Å². The maximum Gasteiger partial charge on any atom is 0.305 e. The zero-order chi connectivity index (χ0) is 13.1. The minimum Gasteiger partial charge on any atom is -0.481 e. The number of rotatable bonds is 3. The van der Waals surface area contributed by atoms with E-state index < -0.39 is 17.8 Å². The van der Waals surface area contributed by atoms with Crippen LogP contribution in [-0.2, 0) is 14.3 Å². The SMILES string of the molecule is O=C(O)CC1COCC(=O)N1c1ccc(F)cc1. The molecule has 1 aromatic rings. The molecule has 5 nitrogen and oxygen atoms in total. The molecule has 2 rings (SSSR count). The molecule has 0 radical (unpaired) electrons. The Morgan fingerprint density at radius 2 is 2.11 bits per heavy atom. The summed E-state index contributed by atoms with van der Waals surface area (Å²) in [4.78, 5) is 23.9. The predicted octanol–water partition coefficient (Wildman–Crippen LogP) is 1.03. The first-order valence-electron chi connectivity index (χ1n) is 5.45. The molecule has 1 atom stereocenters. The first kappa shape index (κ1) is 12.5. The van der Waals surface area contributed by atoms with E-state index in [1.807, 2.05) is 0 Å². The molecule has 18 heavy (non-hydrogen) atoms. The Labute approximate surface area is 103 Å². The maximum absolute atomic E-state index is 12.8. The number of carbonyl (C=O) groups is 2. The van der Waals surface area contributed by atoms with Crippen molar-refractivity contribution < 1.29 is 23.8 Å². The third-order valence-corrected chi connectivity index (χ3v) is 2.68. The number of nitrogens with zero attached hydrogens (tertiary/aromatic N) is 1. The summed E-state index contributed by atoms with van der Waals surface area (Å²) in [6.07, 6.45) is -0.205. The Bertz CT molecular complexity index is 460. The second-order valence-corrected chi connectivity index (χ2v) is 4.01. The van der Waals surface area contributed by atoms with E-state index in [4.69, 9.17) is 9.84 Å². The van der Waals surface area contributed by atoms with Crippen molar-refractivity contribution in [2.24, 2.45) is 0 Å². The number of carbonyl (C=O) groups excluding carboxylic acids is 1. The smallest absolute Gasteiger partial charge is 0.305 e. The molecule has 1 aromatic carbocycles. The van der Waals surface area contributed by atoms with Crippen LogP contribution >= 0.6 is 0 Å². The number of anilines is 1. The highest BCUT2D eigenvalue weighted by molar-refractivity contribution is 5.96. The van der Waals surface area contributed by atoms with Crippen LogP contribution in [0.4, 0.5) is 10.1 Å². The Morgan fingerprint density at radius 3 is 2.72 bits per heavy atom. The Morgan fingerprint density at radius 1 is 1.44 bits per heavy atom. The van der Waals surface area contributed by atoms with Gasteiger partial charge in [0.2, 0.25) is 0 Å². The molecule has 1 amide bonds. The van der Waals surface area contributed by atoms with Gasteiger partial charge in [0.25, 0.3) is 5.91 Å². The summed E-state index contributed by atoms with van der Waals surface area (Å²) >= 11 is 0. The molecular formula is C12H12FNO4. The monoisotopic (exact) mass is 253 g/mol. The molecule has 1 aliphatic heterocycles. The van der Waals surface area contributed by atoms with Crippen molar-refractivity contribution in [1.82, 2.24) is 0 Å². The van der Waals surface area contributed by atoms with E-state index in [2.05, 4.69) is 0 Å². The van der Waals surface area contributed by atoms with E-state index in [1.54, 1.807) is 0 Å². The molecule has 1 aliphatic rings. The molecule has 1 heterocycles. The van der Waals surface area contributed by atoms with Crippen LogP contribution in [0.3, 0.4) is 0 Å². The average Bonchev–Trinajstić information content (AvgIpc) is 2.30. The largest absolute Gasteiger partial charge is 0.481 e. The molecule has 1 fully saturated rings. The molecule has 1 unspecified atom stereocenters. The summed E-state index contributed by atoms with van der Waals surface area (Å²) in [5, 5.41) is 8.81. The fraction of sp³-hybridized carbons (Fsp3) is 0.333. The van der Waals surface area contributed by atoms with Gasteiger partial charge in [-0.1, -0.05) is 0 Å². The lowest BCUT2D eigenvalue weighted by Gasteiger charge is -2.34. The summed E-state index contributed by atoms with van der Waals surface area (Å²) in [6, 6.07) is 4.81. The van der Waals surface area contributed by atoms with E-state index >= 15 is 0 Å². The fourth-order valence-corrected chi connectivity index (χ4v) is 1.94. The minimum atomic E-state index is -1.01. The molecule has 96 valence electrons. The number of carboxylic acids is 1. The molecule has 0 aromatic heterocycles. The lowest BCUT2D eigenvalue weighted by atomic mass is 10.1. The van der Waals surface area contributed by atoms with Crippen LogP contribution in [0.25, 0.3) is 0 Å². The molecule has 1 N–H and O–H groups in total. The standard InChI is InChI=1S/C12H12FNO4/c13-8-1-3-9(4-2-8)14-10(5-12(16)17)6-18-7-11(14)15/h1-4,10H,5-7H2,(H,16,17). The number of halogens is 1. The summed E-state index contributed by atoms with van der Waals surface area (Å²) in [5.41, 5.74) is 0.482. The van der Waals surface area contributed by atoms with Crippen molar-refractivity contribution in [3.63, 3.8) is 0 Å². The molecule has 6 heteroatoms. The van der Waals surface area contributed by atoms with Crippen molar-refractivity contribution in [2.75, 3.05) is 18.1 Å². The normalized spacial score (nSPS) is 19.9. The van der Waals surface area contributed by atoms with Gasteiger partial charge in [-0.2, -0.15) is 0 Å². The van der Waals surface area contributed by atoms with E-state index in [1.165, 1.54) is 29.2 Å². The maximum atomic E-state index is 12.8. The summed E-state index contributed by atoms with van der Waals surface area (Å²) < 4.78 is 17.9. The second kappa shape index (κ2) is 5.14. The molecule has 0 bridgehead atoms. The minimum absolute atomic E-state index is 0.0898. The lowest BCUT2D eigenvalue weighted by Crippen LogP contribution is -2.50. The van der Waals surface area contributed by atoms with Crippen molar-refractivity contribution in [1.29, 1.82) is 0 Å². The van der Waals surface area contributed by atoms with E-state index in [0.717, 1.165) is 0 Å². The number of amides is 1. The van der Waals surface area contributed by atoms with E-state index in [-0.39, 0.29) is 25.5 Å². The van der Waals surface area contributed by atoms with Gasteiger partial charge in [-0.05, 0) is 24.3 Å². The van der Waals surface area contributed by atoms with Gasteiger partial charge in [0.05, 0.1) is 19.1 Å². The summed E-state index contributed by atoms with van der Waals surface area (Å²) in [6.45, 7) is 0.0723. The van der Waals surface area contributed by atoms with Crippen LogP contribution in [-0.4, -0.2) is 36.2 Å². The first-order chi connectivity index (χ1) is 8.58. The van der Waals surface area contributed by atoms with Gasteiger partial charge in [0.15, 0.2) is 0 Å². The molecule has 1 saturated heterocycles. The number of carboxylic acid groups (broad SMARTS) is 1. The topological polar surface area (TPSA) is 66.8 Å². The van der Waals surface area contributed by atoms with Gasteiger partial charge in [-0.15, -0.1) is 0 Å².